The first-order valence-corrected chi connectivity index (χ1v) is 4.42. The van der Waals surface area contributed by atoms with E-state index >= 15 is 0 Å². The van der Waals surface area contributed by atoms with Crippen molar-refractivity contribution >= 4 is 17.6 Å². The molecule has 13 heavy (non-hydrogen) atoms. The summed E-state index contributed by atoms with van der Waals surface area (Å²) < 4.78 is 0. The fraction of sp³-hybridized carbons (Fsp3) is 0. The minimum atomic E-state index is 0.376. The molecule has 0 aliphatic heterocycles. The van der Waals surface area contributed by atoms with Gasteiger partial charge in [0.1, 0.15) is 5.69 Å². The first kappa shape index (κ1) is 8.00. The molecule has 2 heterocycles. The minimum absolute atomic E-state index is 0.376. The Bertz CT molecular complexity index is 412. The van der Waals surface area contributed by atoms with Gasteiger partial charge in [0.05, 0.1) is 0 Å². The van der Waals surface area contributed by atoms with Gasteiger partial charge in [0.2, 0.25) is 0 Å². The number of hydrogen-bond acceptors (Lipinski definition) is 5. The second-order valence-corrected chi connectivity index (χ2v) is 3.29. The maximum absolute atomic E-state index is 10.3. The van der Waals surface area contributed by atoms with Crippen LogP contribution < -0.4 is 0 Å². The van der Waals surface area contributed by atoms with Crippen LogP contribution in [0.4, 0.5) is 0 Å². The van der Waals surface area contributed by atoms with Crippen molar-refractivity contribution in [2.75, 3.05) is 0 Å². The van der Waals surface area contributed by atoms with Crippen molar-refractivity contribution in [3.63, 3.8) is 0 Å². The molecule has 5 heteroatoms. The van der Waals surface area contributed by atoms with E-state index in [1.165, 1.54) is 11.3 Å². The summed E-state index contributed by atoms with van der Waals surface area (Å²) in [5, 5.41) is 8.55. The number of carbonyl (C=O) groups excluding carboxylic acids is 1. The van der Waals surface area contributed by atoms with Crippen LogP contribution in [0.15, 0.2) is 24.4 Å². The Labute approximate surface area is 78.3 Å². The van der Waals surface area contributed by atoms with E-state index in [4.69, 9.17) is 0 Å². The van der Waals surface area contributed by atoms with Crippen LogP contribution in [0.3, 0.4) is 0 Å². The fourth-order valence-electron chi connectivity index (χ4n) is 0.875. The van der Waals surface area contributed by atoms with Crippen LogP contribution in [0.1, 0.15) is 9.80 Å². The molecule has 0 unspecified atom stereocenters. The molecule has 0 N–H and O–H groups in total. The van der Waals surface area contributed by atoms with Gasteiger partial charge in [0, 0.05) is 6.20 Å². The Kier molecular flexibility index (Phi) is 2.09. The van der Waals surface area contributed by atoms with Crippen LogP contribution in [0.5, 0.6) is 0 Å². The van der Waals surface area contributed by atoms with Gasteiger partial charge in [0.15, 0.2) is 16.3 Å². The molecule has 0 bridgehead atoms. The highest BCUT2D eigenvalue weighted by molar-refractivity contribution is 7.16. The molecule has 0 saturated heterocycles. The Morgan fingerprint density at radius 2 is 2.23 bits per heavy atom. The molecule has 0 aromatic carbocycles. The van der Waals surface area contributed by atoms with E-state index in [0.29, 0.717) is 16.3 Å². The third-order valence-corrected chi connectivity index (χ3v) is 2.30. The zero-order valence-electron chi connectivity index (χ0n) is 6.54. The van der Waals surface area contributed by atoms with Crippen molar-refractivity contribution in [1.82, 2.24) is 15.2 Å². The molecule has 2 aromatic rings. The summed E-state index contributed by atoms with van der Waals surface area (Å²) in [6.45, 7) is 0. The summed E-state index contributed by atoms with van der Waals surface area (Å²) in [5.74, 6) is 0. The van der Waals surface area contributed by atoms with Gasteiger partial charge < -0.3 is 0 Å². The summed E-state index contributed by atoms with van der Waals surface area (Å²) in [6.07, 6.45) is 2.36. The predicted molar refractivity (Wildman–Crippen MR) is 48.5 cm³/mol. The number of rotatable bonds is 2. The van der Waals surface area contributed by atoms with Crippen LogP contribution in [0, 0.1) is 0 Å². The number of nitrogens with zero attached hydrogens (tertiary/aromatic N) is 3. The van der Waals surface area contributed by atoms with Gasteiger partial charge in [-0.2, -0.15) is 0 Å². The molecular formula is C8H5N3OS. The van der Waals surface area contributed by atoms with Crippen LogP contribution in [-0.2, 0) is 0 Å². The summed E-state index contributed by atoms with van der Waals surface area (Å²) in [5.41, 5.74) is 0.744. The topological polar surface area (TPSA) is 55.7 Å². The molecule has 2 rings (SSSR count). The third kappa shape index (κ3) is 1.59. The van der Waals surface area contributed by atoms with Crippen molar-refractivity contribution in [3.8, 4) is 10.7 Å². The molecule has 64 valence electrons. The van der Waals surface area contributed by atoms with Gasteiger partial charge in [-0.05, 0) is 12.1 Å². The third-order valence-electron chi connectivity index (χ3n) is 1.43. The molecule has 2 aromatic heterocycles. The number of hydrogen-bond donors (Lipinski definition) is 0. The monoisotopic (exact) mass is 191 g/mol. The maximum Gasteiger partial charge on any atom is 0.180 e. The predicted octanol–water partition coefficient (Wildman–Crippen LogP) is 1.41. The lowest BCUT2D eigenvalue weighted by atomic mass is 10.4. The molecule has 0 radical (unpaired) electrons. The van der Waals surface area contributed by atoms with Crippen molar-refractivity contribution < 1.29 is 4.79 Å². The van der Waals surface area contributed by atoms with Crippen molar-refractivity contribution in [3.05, 3.63) is 29.4 Å². The molecule has 0 aliphatic rings. The number of aromatic nitrogens is 3. The van der Waals surface area contributed by atoms with E-state index in [0.717, 1.165) is 5.69 Å². The highest BCUT2D eigenvalue weighted by atomic mass is 32.1. The highest BCUT2D eigenvalue weighted by Crippen LogP contribution is 2.19. The van der Waals surface area contributed by atoms with Gasteiger partial charge in [-0.15, -0.1) is 10.2 Å². The summed E-state index contributed by atoms with van der Waals surface area (Å²) in [6, 6.07) is 5.52. The Balaban J connectivity index is 2.41. The van der Waals surface area contributed by atoms with E-state index in [9.17, 15) is 4.79 Å². The molecule has 0 atom stereocenters. The van der Waals surface area contributed by atoms with Crippen LogP contribution in [0.2, 0.25) is 0 Å². The normalized spacial score (nSPS) is 9.85. The van der Waals surface area contributed by atoms with Gasteiger partial charge >= 0.3 is 0 Å². The summed E-state index contributed by atoms with van der Waals surface area (Å²) in [4.78, 5) is 14.4. The smallest absolute Gasteiger partial charge is 0.180 e. The van der Waals surface area contributed by atoms with Crippen molar-refractivity contribution in [2.45, 2.75) is 0 Å². The Hall–Kier alpha value is -1.62. The molecule has 0 saturated carbocycles. The molecular weight excluding hydrogens is 186 g/mol. The average molecular weight is 191 g/mol. The standard InChI is InChI=1S/C8H5N3OS/c12-5-7-10-11-8(13-7)6-3-1-2-4-9-6/h1-5H. The quantitative estimate of drug-likeness (QED) is 0.673. The SMILES string of the molecule is O=Cc1nnc(-c2ccccn2)s1. The lowest BCUT2D eigenvalue weighted by Gasteiger charge is -1.89. The van der Waals surface area contributed by atoms with Gasteiger partial charge in [-0.3, -0.25) is 9.78 Å². The number of aldehydes is 1. The van der Waals surface area contributed by atoms with Crippen LogP contribution >= 0.6 is 11.3 Å². The van der Waals surface area contributed by atoms with E-state index < -0.39 is 0 Å². The fourth-order valence-corrected chi connectivity index (χ4v) is 1.51. The molecule has 0 aliphatic carbocycles. The van der Waals surface area contributed by atoms with E-state index in [-0.39, 0.29) is 0 Å². The lowest BCUT2D eigenvalue weighted by Crippen LogP contribution is -1.80. The second kappa shape index (κ2) is 3.40. The van der Waals surface area contributed by atoms with E-state index in [1.807, 2.05) is 18.2 Å². The Morgan fingerprint density at radius 1 is 1.31 bits per heavy atom. The van der Waals surface area contributed by atoms with Crippen molar-refractivity contribution in [2.24, 2.45) is 0 Å². The zero-order chi connectivity index (χ0) is 9.10. The van der Waals surface area contributed by atoms with E-state index in [2.05, 4.69) is 15.2 Å². The van der Waals surface area contributed by atoms with Crippen LogP contribution in [-0.4, -0.2) is 21.5 Å². The summed E-state index contributed by atoms with van der Waals surface area (Å²) >= 11 is 1.23. The molecule has 4 nitrogen and oxygen atoms in total. The van der Waals surface area contributed by atoms with E-state index in [1.54, 1.807) is 6.20 Å². The van der Waals surface area contributed by atoms with Crippen molar-refractivity contribution in [1.29, 1.82) is 0 Å². The molecule has 0 amide bonds. The summed E-state index contributed by atoms with van der Waals surface area (Å²) in [7, 11) is 0. The molecule has 0 fully saturated rings. The first-order chi connectivity index (χ1) is 6.40. The molecule has 0 spiro atoms. The van der Waals surface area contributed by atoms with Gasteiger partial charge in [-0.1, -0.05) is 17.4 Å². The van der Waals surface area contributed by atoms with Crippen LogP contribution in [0.25, 0.3) is 10.7 Å². The maximum atomic E-state index is 10.3. The van der Waals surface area contributed by atoms with Gasteiger partial charge in [-0.25, -0.2) is 0 Å². The lowest BCUT2D eigenvalue weighted by molar-refractivity contribution is 0.112. The highest BCUT2D eigenvalue weighted by Gasteiger charge is 2.05. The number of pyridine rings is 1. The largest absolute Gasteiger partial charge is 0.295 e. The van der Waals surface area contributed by atoms with Gasteiger partial charge in [0.25, 0.3) is 0 Å². The minimum Gasteiger partial charge on any atom is -0.295 e. The first-order valence-electron chi connectivity index (χ1n) is 3.60. The zero-order valence-corrected chi connectivity index (χ0v) is 7.36. The number of carbonyl (C=O) groups is 1. The Morgan fingerprint density at radius 3 is 2.85 bits per heavy atom. The second-order valence-electron chi connectivity index (χ2n) is 2.28. The average Bonchev–Trinajstić information content (AvgIpc) is 2.67.